The maximum Gasteiger partial charge on any atom is 0.137 e. The first-order chi connectivity index (χ1) is 7.30. The van der Waals surface area contributed by atoms with Gasteiger partial charge < -0.3 is 9.47 Å². The van der Waals surface area contributed by atoms with Crippen LogP contribution in [0.2, 0.25) is 0 Å². The fourth-order valence-electron chi connectivity index (χ4n) is 2.63. The Hall–Kier alpha value is -1.02. The quantitative estimate of drug-likeness (QED) is 0.690. The number of benzene rings is 1. The van der Waals surface area contributed by atoms with E-state index in [1.165, 1.54) is 5.56 Å². The molecule has 0 spiro atoms. The predicted molar refractivity (Wildman–Crippen MR) is 58.0 cm³/mol. The average Bonchev–Trinajstić information content (AvgIpc) is 3.08. The standard InChI is InChI=1S/C13H16O2/c1-3-13(4-2)12-11(14-12)9-7-5-6-8-10(9)15-13/h5-8,11-12H,3-4H2,1-2H3. The van der Waals surface area contributed by atoms with Gasteiger partial charge in [-0.2, -0.15) is 0 Å². The molecule has 0 saturated carbocycles. The molecule has 2 aliphatic rings. The number of fused-ring (bicyclic) bond motifs is 3. The van der Waals surface area contributed by atoms with Crippen molar-refractivity contribution in [3.63, 3.8) is 0 Å². The van der Waals surface area contributed by atoms with Crippen molar-refractivity contribution < 1.29 is 9.47 Å². The molecule has 0 N–H and O–H groups in total. The minimum Gasteiger partial charge on any atom is -0.484 e. The summed E-state index contributed by atoms with van der Waals surface area (Å²) in [6.07, 6.45) is 2.59. The molecule has 15 heavy (non-hydrogen) atoms. The van der Waals surface area contributed by atoms with E-state index in [2.05, 4.69) is 19.9 Å². The van der Waals surface area contributed by atoms with Crippen molar-refractivity contribution in [3.8, 4) is 5.75 Å². The van der Waals surface area contributed by atoms with Gasteiger partial charge in [0.2, 0.25) is 0 Å². The van der Waals surface area contributed by atoms with E-state index in [-0.39, 0.29) is 17.8 Å². The number of hydrogen-bond donors (Lipinski definition) is 0. The van der Waals surface area contributed by atoms with Crippen LogP contribution in [0.25, 0.3) is 0 Å². The van der Waals surface area contributed by atoms with Gasteiger partial charge in [0.1, 0.15) is 23.6 Å². The lowest BCUT2D eigenvalue weighted by molar-refractivity contribution is 0.0278. The molecule has 0 radical (unpaired) electrons. The monoisotopic (exact) mass is 204 g/mol. The molecule has 1 fully saturated rings. The predicted octanol–water partition coefficient (Wildman–Crippen LogP) is 3.08. The van der Waals surface area contributed by atoms with Crippen molar-refractivity contribution in [1.82, 2.24) is 0 Å². The van der Waals surface area contributed by atoms with Crippen LogP contribution in [0.1, 0.15) is 38.4 Å². The van der Waals surface area contributed by atoms with Crippen LogP contribution in [0, 0.1) is 0 Å². The smallest absolute Gasteiger partial charge is 0.137 e. The normalized spacial score (nSPS) is 30.0. The molecule has 1 aromatic carbocycles. The zero-order chi connectivity index (χ0) is 10.5. The highest BCUT2D eigenvalue weighted by Crippen LogP contribution is 2.55. The summed E-state index contributed by atoms with van der Waals surface area (Å²) in [5, 5.41) is 0. The van der Waals surface area contributed by atoms with Crippen molar-refractivity contribution in [2.45, 2.75) is 44.5 Å². The minimum absolute atomic E-state index is 0.0843. The number of para-hydroxylation sites is 1. The molecule has 0 amide bonds. The summed E-state index contributed by atoms with van der Waals surface area (Å²) < 4.78 is 11.9. The fraction of sp³-hybridized carbons (Fsp3) is 0.538. The van der Waals surface area contributed by atoms with Crippen molar-refractivity contribution in [2.24, 2.45) is 0 Å². The molecule has 2 unspecified atom stereocenters. The molecule has 2 aliphatic heterocycles. The average molecular weight is 204 g/mol. The van der Waals surface area contributed by atoms with Crippen molar-refractivity contribution in [2.75, 3.05) is 0 Å². The van der Waals surface area contributed by atoms with Crippen LogP contribution in [0.4, 0.5) is 0 Å². The van der Waals surface area contributed by atoms with Gasteiger partial charge in [0.25, 0.3) is 0 Å². The lowest BCUT2D eigenvalue weighted by Crippen LogP contribution is -2.43. The van der Waals surface area contributed by atoms with E-state index >= 15 is 0 Å². The summed E-state index contributed by atoms with van der Waals surface area (Å²) >= 11 is 0. The molecule has 1 aromatic rings. The van der Waals surface area contributed by atoms with E-state index in [4.69, 9.17) is 9.47 Å². The third-order valence-electron chi connectivity index (χ3n) is 3.75. The SMILES string of the molecule is CCC1(CC)Oc2ccccc2C2OC21. The molecule has 0 aromatic heterocycles. The largest absolute Gasteiger partial charge is 0.484 e. The summed E-state index contributed by atoms with van der Waals surface area (Å²) in [5.41, 5.74) is 1.14. The Labute approximate surface area is 90.2 Å². The van der Waals surface area contributed by atoms with Crippen molar-refractivity contribution >= 4 is 0 Å². The van der Waals surface area contributed by atoms with E-state index in [1.807, 2.05) is 18.2 Å². The number of rotatable bonds is 2. The Bertz CT molecular complexity index is 382. The zero-order valence-electron chi connectivity index (χ0n) is 9.19. The Balaban J connectivity index is 2.04. The van der Waals surface area contributed by atoms with Gasteiger partial charge in [-0.25, -0.2) is 0 Å². The first kappa shape index (κ1) is 9.22. The first-order valence-electron chi connectivity index (χ1n) is 5.74. The molecule has 2 atom stereocenters. The Kier molecular flexibility index (Phi) is 1.84. The molecule has 2 heterocycles. The molecule has 1 saturated heterocycles. The van der Waals surface area contributed by atoms with E-state index in [1.54, 1.807) is 0 Å². The van der Waals surface area contributed by atoms with Crippen LogP contribution in [-0.4, -0.2) is 11.7 Å². The van der Waals surface area contributed by atoms with Gasteiger partial charge >= 0.3 is 0 Å². The summed E-state index contributed by atoms with van der Waals surface area (Å²) in [4.78, 5) is 0. The third-order valence-corrected chi connectivity index (χ3v) is 3.75. The van der Waals surface area contributed by atoms with E-state index in [0.29, 0.717) is 0 Å². The lowest BCUT2D eigenvalue weighted by Gasteiger charge is -2.34. The highest BCUT2D eigenvalue weighted by atomic mass is 16.6. The van der Waals surface area contributed by atoms with Crippen LogP contribution < -0.4 is 4.74 Å². The Morgan fingerprint density at radius 2 is 1.93 bits per heavy atom. The molecule has 2 heteroatoms. The van der Waals surface area contributed by atoms with E-state index in [0.717, 1.165) is 18.6 Å². The van der Waals surface area contributed by atoms with Crippen LogP contribution in [0.5, 0.6) is 5.75 Å². The first-order valence-corrected chi connectivity index (χ1v) is 5.74. The number of ether oxygens (including phenoxy) is 2. The Morgan fingerprint density at radius 1 is 1.20 bits per heavy atom. The van der Waals surface area contributed by atoms with Gasteiger partial charge in [-0.05, 0) is 18.9 Å². The van der Waals surface area contributed by atoms with Crippen LogP contribution >= 0.6 is 0 Å². The lowest BCUT2D eigenvalue weighted by atomic mass is 9.86. The zero-order valence-corrected chi connectivity index (χ0v) is 9.19. The third kappa shape index (κ3) is 1.14. The topological polar surface area (TPSA) is 21.8 Å². The van der Waals surface area contributed by atoms with Gasteiger partial charge in [0, 0.05) is 5.56 Å². The maximum atomic E-state index is 6.15. The maximum absolute atomic E-state index is 6.15. The molecule has 0 bridgehead atoms. The summed E-state index contributed by atoms with van der Waals surface area (Å²) in [7, 11) is 0. The Morgan fingerprint density at radius 3 is 2.67 bits per heavy atom. The van der Waals surface area contributed by atoms with Gasteiger partial charge in [-0.1, -0.05) is 32.0 Å². The number of epoxide rings is 1. The van der Waals surface area contributed by atoms with Gasteiger partial charge in [0.15, 0.2) is 0 Å². The molecular formula is C13H16O2. The van der Waals surface area contributed by atoms with Gasteiger partial charge in [0.05, 0.1) is 0 Å². The van der Waals surface area contributed by atoms with E-state index < -0.39 is 0 Å². The highest BCUT2D eigenvalue weighted by molar-refractivity contribution is 5.42. The summed E-state index contributed by atoms with van der Waals surface area (Å²) in [6, 6.07) is 8.23. The second-order valence-corrected chi connectivity index (χ2v) is 4.39. The minimum atomic E-state index is -0.0843. The molecule has 0 aliphatic carbocycles. The van der Waals surface area contributed by atoms with Crippen LogP contribution in [-0.2, 0) is 4.74 Å². The number of hydrogen-bond acceptors (Lipinski definition) is 2. The summed E-state index contributed by atoms with van der Waals surface area (Å²) in [5.74, 6) is 1.01. The van der Waals surface area contributed by atoms with Gasteiger partial charge in [-0.15, -0.1) is 0 Å². The molecule has 80 valence electrons. The highest BCUT2D eigenvalue weighted by Gasteiger charge is 2.59. The molecule has 2 nitrogen and oxygen atoms in total. The van der Waals surface area contributed by atoms with Crippen LogP contribution in [0.3, 0.4) is 0 Å². The molecule has 3 rings (SSSR count). The fourth-order valence-corrected chi connectivity index (χ4v) is 2.63. The van der Waals surface area contributed by atoms with Crippen molar-refractivity contribution in [1.29, 1.82) is 0 Å². The van der Waals surface area contributed by atoms with E-state index in [9.17, 15) is 0 Å². The summed E-state index contributed by atoms with van der Waals surface area (Å²) in [6.45, 7) is 4.35. The van der Waals surface area contributed by atoms with Gasteiger partial charge in [-0.3, -0.25) is 0 Å². The second-order valence-electron chi connectivity index (χ2n) is 4.39. The second kappa shape index (κ2) is 2.99. The molecular weight excluding hydrogens is 188 g/mol. The van der Waals surface area contributed by atoms with Crippen LogP contribution in [0.15, 0.2) is 24.3 Å². The van der Waals surface area contributed by atoms with Crippen molar-refractivity contribution in [3.05, 3.63) is 29.8 Å².